The van der Waals surface area contributed by atoms with Gasteiger partial charge in [-0.1, -0.05) is 45.0 Å². The molecule has 0 spiro atoms. The fourth-order valence-corrected chi connectivity index (χ4v) is 2.97. The molecule has 2 nitrogen and oxygen atoms in total. The Morgan fingerprint density at radius 2 is 1.84 bits per heavy atom. The van der Waals surface area contributed by atoms with E-state index in [0.717, 1.165) is 6.61 Å². The second kappa shape index (κ2) is 5.04. The van der Waals surface area contributed by atoms with E-state index in [1.54, 1.807) is 0 Å². The van der Waals surface area contributed by atoms with E-state index in [9.17, 15) is 0 Å². The zero-order valence-electron chi connectivity index (χ0n) is 13.0. The Hall–Kier alpha value is -0.643. The lowest BCUT2D eigenvalue weighted by molar-refractivity contribution is 0.242. The van der Waals surface area contributed by atoms with Crippen molar-refractivity contribution in [2.24, 2.45) is 0 Å². The molecule has 0 radical (unpaired) electrons. The van der Waals surface area contributed by atoms with Gasteiger partial charge in [-0.3, -0.25) is 0 Å². The number of hydrogen-bond acceptors (Lipinski definition) is 2. The third kappa shape index (κ3) is 3.27. The molecule has 0 bridgehead atoms. The minimum absolute atomic E-state index is 0.242. The minimum atomic E-state index is -1.65. The molecule has 3 heteroatoms. The summed E-state index contributed by atoms with van der Waals surface area (Å²) in [5, 5.41) is 0.264. The molecular formula is C16H26O2Si. The lowest BCUT2D eigenvalue weighted by Crippen LogP contribution is -2.41. The van der Waals surface area contributed by atoms with Gasteiger partial charge in [0.1, 0.15) is 12.2 Å². The van der Waals surface area contributed by atoms with E-state index in [-0.39, 0.29) is 17.2 Å². The summed E-state index contributed by atoms with van der Waals surface area (Å²) in [5.74, 6) is 0. The van der Waals surface area contributed by atoms with E-state index < -0.39 is 8.32 Å². The van der Waals surface area contributed by atoms with Gasteiger partial charge in [-0.2, -0.15) is 0 Å². The quantitative estimate of drug-likeness (QED) is 0.599. The molecule has 19 heavy (non-hydrogen) atoms. The monoisotopic (exact) mass is 278 g/mol. The van der Waals surface area contributed by atoms with Gasteiger partial charge in [-0.05, 0) is 36.2 Å². The van der Waals surface area contributed by atoms with Crippen LogP contribution in [0.1, 0.15) is 38.0 Å². The van der Waals surface area contributed by atoms with Crippen LogP contribution in [0.4, 0.5) is 0 Å². The topological polar surface area (TPSA) is 21.8 Å². The third-order valence-corrected chi connectivity index (χ3v) is 8.99. The molecule has 0 N–H and O–H groups in total. The van der Waals surface area contributed by atoms with E-state index in [2.05, 4.69) is 65.1 Å². The first-order chi connectivity index (χ1) is 8.72. The van der Waals surface area contributed by atoms with Crippen molar-refractivity contribution in [3.05, 3.63) is 35.4 Å². The molecule has 1 heterocycles. The molecule has 2 rings (SSSR count). The lowest BCUT2D eigenvalue weighted by Gasteiger charge is -2.36. The van der Waals surface area contributed by atoms with Crippen LogP contribution in [-0.2, 0) is 9.16 Å². The highest BCUT2D eigenvalue weighted by molar-refractivity contribution is 6.74. The minimum Gasteiger partial charge on any atom is -0.414 e. The number of benzene rings is 1. The Balaban J connectivity index is 1.90. The van der Waals surface area contributed by atoms with Gasteiger partial charge in [0.25, 0.3) is 0 Å². The fraction of sp³-hybridized carbons (Fsp3) is 0.625. The van der Waals surface area contributed by atoms with E-state index in [4.69, 9.17) is 9.16 Å². The third-order valence-electron chi connectivity index (χ3n) is 4.49. The second-order valence-corrected chi connectivity index (χ2v) is 11.8. The van der Waals surface area contributed by atoms with Crippen molar-refractivity contribution < 1.29 is 9.16 Å². The Morgan fingerprint density at radius 3 is 2.42 bits per heavy atom. The summed E-state index contributed by atoms with van der Waals surface area (Å²) in [6.45, 7) is 14.3. The summed E-state index contributed by atoms with van der Waals surface area (Å²) in [5.41, 5.74) is 2.62. The van der Waals surface area contributed by atoms with Crippen molar-refractivity contribution in [1.82, 2.24) is 0 Å². The Bertz CT molecular complexity index is 448. The summed E-state index contributed by atoms with van der Waals surface area (Å²) in [4.78, 5) is 0. The molecule has 1 aliphatic rings. The maximum atomic E-state index is 6.22. The maximum Gasteiger partial charge on any atom is 0.192 e. The molecular weight excluding hydrogens is 252 g/mol. The molecule has 1 aliphatic heterocycles. The van der Waals surface area contributed by atoms with Crippen LogP contribution in [0.2, 0.25) is 18.1 Å². The van der Waals surface area contributed by atoms with Crippen LogP contribution in [0.3, 0.4) is 0 Å². The molecule has 1 aromatic carbocycles. The van der Waals surface area contributed by atoms with Crippen molar-refractivity contribution in [1.29, 1.82) is 0 Å². The molecule has 106 valence electrons. The van der Waals surface area contributed by atoms with E-state index >= 15 is 0 Å². The van der Waals surface area contributed by atoms with E-state index in [0.29, 0.717) is 0 Å². The van der Waals surface area contributed by atoms with E-state index in [1.165, 1.54) is 11.1 Å². The Kier molecular flexibility index (Phi) is 3.91. The zero-order valence-corrected chi connectivity index (χ0v) is 14.0. The highest BCUT2D eigenvalue weighted by Gasteiger charge is 2.44. The van der Waals surface area contributed by atoms with Crippen molar-refractivity contribution in [2.45, 2.75) is 58.0 Å². The summed E-state index contributed by atoms with van der Waals surface area (Å²) < 4.78 is 12.0. The SMILES string of the molecule is Cc1ccccc1[C@@H]1OC1CO[Si](C)(C)C(C)(C)C. The summed E-state index contributed by atoms with van der Waals surface area (Å²) >= 11 is 0. The largest absolute Gasteiger partial charge is 0.414 e. The smallest absolute Gasteiger partial charge is 0.192 e. The van der Waals surface area contributed by atoms with Gasteiger partial charge in [-0.25, -0.2) is 0 Å². The standard InChI is InChI=1S/C16H26O2Si/c1-12-9-7-8-10-13(12)15-14(18-15)11-17-19(5,6)16(2,3)4/h7-10,14-15H,11H2,1-6H3/t14?,15-/m0/s1. The average molecular weight is 278 g/mol. The van der Waals surface area contributed by atoms with Crippen molar-refractivity contribution in [3.8, 4) is 0 Å². The van der Waals surface area contributed by atoms with Gasteiger partial charge >= 0.3 is 0 Å². The molecule has 0 aliphatic carbocycles. The van der Waals surface area contributed by atoms with Crippen LogP contribution in [0.5, 0.6) is 0 Å². The van der Waals surface area contributed by atoms with Crippen molar-refractivity contribution >= 4 is 8.32 Å². The molecule has 1 unspecified atom stereocenters. The normalized spacial score (nSPS) is 23.5. The number of ether oxygens (including phenoxy) is 1. The van der Waals surface area contributed by atoms with Crippen LogP contribution in [0.25, 0.3) is 0 Å². The van der Waals surface area contributed by atoms with Crippen LogP contribution in [0.15, 0.2) is 24.3 Å². The number of aryl methyl sites for hydroxylation is 1. The number of epoxide rings is 1. The molecule has 1 aromatic rings. The van der Waals surface area contributed by atoms with Gasteiger partial charge in [-0.15, -0.1) is 0 Å². The predicted octanol–water partition coefficient (Wildman–Crippen LogP) is 4.46. The molecule has 0 aromatic heterocycles. The molecule has 1 saturated heterocycles. The molecule has 2 atom stereocenters. The first-order valence-corrected chi connectivity index (χ1v) is 9.98. The molecule has 0 saturated carbocycles. The van der Waals surface area contributed by atoms with Crippen LogP contribution >= 0.6 is 0 Å². The first kappa shape index (κ1) is 14.8. The second-order valence-electron chi connectivity index (χ2n) is 7.02. The number of rotatable bonds is 4. The first-order valence-electron chi connectivity index (χ1n) is 7.07. The Labute approximate surface area is 118 Å². The summed E-state index contributed by atoms with van der Waals surface area (Å²) in [6.07, 6.45) is 0.487. The van der Waals surface area contributed by atoms with Crippen LogP contribution in [-0.4, -0.2) is 21.0 Å². The number of hydrogen-bond donors (Lipinski definition) is 0. The fourth-order valence-electron chi connectivity index (χ4n) is 1.96. The van der Waals surface area contributed by atoms with Gasteiger partial charge < -0.3 is 9.16 Å². The highest BCUT2D eigenvalue weighted by atomic mass is 28.4. The zero-order chi connectivity index (χ0) is 14.3. The van der Waals surface area contributed by atoms with E-state index in [1.807, 2.05) is 0 Å². The van der Waals surface area contributed by atoms with Crippen LogP contribution < -0.4 is 0 Å². The highest BCUT2D eigenvalue weighted by Crippen LogP contribution is 2.42. The maximum absolute atomic E-state index is 6.22. The summed E-state index contributed by atoms with van der Waals surface area (Å²) in [7, 11) is -1.65. The van der Waals surface area contributed by atoms with Gasteiger partial charge in [0.2, 0.25) is 0 Å². The average Bonchev–Trinajstić information content (AvgIpc) is 3.05. The summed E-state index contributed by atoms with van der Waals surface area (Å²) in [6, 6.07) is 8.45. The molecule has 1 fully saturated rings. The molecule has 0 amide bonds. The van der Waals surface area contributed by atoms with Crippen molar-refractivity contribution in [3.63, 3.8) is 0 Å². The Morgan fingerprint density at radius 1 is 1.21 bits per heavy atom. The van der Waals surface area contributed by atoms with Crippen LogP contribution in [0, 0.1) is 6.92 Å². The van der Waals surface area contributed by atoms with Gasteiger partial charge in [0.15, 0.2) is 8.32 Å². The van der Waals surface area contributed by atoms with Crippen molar-refractivity contribution in [2.75, 3.05) is 6.61 Å². The van der Waals surface area contributed by atoms with Gasteiger partial charge in [0.05, 0.1) is 6.61 Å². The van der Waals surface area contributed by atoms with Gasteiger partial charge in [0, 0.05) is 0 Å². The lowest BCUT2D eigenvalue weighted by atomic mass is 10.0. The predicted molar refractivity (Wildman–Crippen MR) is 81.9 cm³/mol.